The monoisotopic (exact) mass is 489 g/mol. The highest BCUT2D eigenvalue weighted by Crippen LogP contribution is 2.31. The normalized spacial score (nSPS) is 17.9. The van der Waals surface area contributed by atoms with Gasteiger partial charge in [-0.2, -0.15) is 8.42 Å². The van der Waals surface area contributed by atoms with Gasteiger partial charge in [0.05, 0.1) is 0 Å². The highest BCUT2D eigenvalue weighted by atomic mass is 32.2. The topological polar surface area (TPSA) is 120 Å². The molecule has 0 radical (unpaired) electrons. The molecule has 3 N–H and O–H groups in total. The van der Waals surface area contributed by atoms with Crippen molar-refractivity contribution in [1.29, 1.82) is 0 Å². The number of nitrogens with one attached hydrogen (secondary N) is 3. The summed E-state index contributed by atoms with van der Waals surface area (Å²) in [6, 6.07) is 21.6. The Kier molecular flexibility index (Phi) is 5.96. The molecule has 0 bridgehead atoms. The van der Waals surface area contributed by atoms with Gasteiger partial charge in [0.1, 0.15) is 10.9 Å². The van der Waals surface area contributed by atoms with Gasteiger partial charge in [-0.15, -0.1) is 4.40 Å². The first kappa shape index (κ1) is 22.6. The van der Waals surface area contributed by atoms with E-state index in [4.69, 9.17) is 0 Å². The number of hydrogen-bond donors (Lipinski definition) is 3. The summed E-state index contributed by atoms with van der Waals surface area (Å²) >= 11 is 0. The molecule has 0 unspecified atom stereocenters. The van der Waals surface area contributed by atoms with E-state index in [-0.39, 0.29) is 16.8 Å². The molecule has 10 heteroatoms. The highest BCUT2D eigenvalue weighted by molar-refractivity contribution is 7.90. The average Bonchev–Trinajstić information content (AvgIpc) is 3.44. The first-order chi connectivity index (χ1) is 16.9. The quantitative estimate of drug-likeness (QED) is 0.514. The Morgan fingerprint density at radius 2 is 1.40 bits per heavy atom. The number of hydrogen-bond acceptors (Lipinski definition) is 5. The molecule has 1 fully saturated rings. The number of amidine groups is 1. The van der Waals surface area contributed by atoms with E-state index in [2.05, 4.69) is 20.3 Å². The summed E-state index contributed by atoms with van der Waals surface area (Å²) in [7, 11) is -3.76. The summed E-state index contributed by atoms with van der Waals surface area (Å²) in [5, 5.41) is 8.37. The van der Waals surface area contributed by atoms with Gasteiger partial charge in [0.15, 0.2) is 5.84 Å². The zero-order valence-corrected chi connectivity index (χ0v) is 19.5. The maximum absolute atomic E-state index is 13.1. The Labute approximate surface area is 202 Å². The summed E-state index contributed by atoms with van der Waals surface area (Å²) in [5.74, 6) is 0.0803. The van der Waals surface area contributed by atoms with Crippen LogP contribution in [-0.4, -0.2) is 43.7 Å². The molecule has 2 aliphatic heterocycles. The Morgan fingerprint density at radius 3 is 2.11 bits per heavy atom. The lowest BCUT2D eigenvalue weighted by Gasteiger charge is -2.25. The van der Waals surface area contributed by atoms with E-state index < -0.39 is 16.1 Å². The van der Waals surface area contributed by atoms with Crippen molar-refractivity contribution in [2.45, 2.75) is 23.8 Å². The van der Waals surface area contributed by atoms with E-state index >= 15 is 0 Å². The van der Waals surface area contributed by atoms with E-state index in [1.165, 1.54) is 6.07 Å². The largest absolute Gasteiger partial charge is 0.343 e. The van der Waals surface area contributed by atoms with Crippen molar-refractivity contribution in [1.82, 2.24) is 4.90 Å². The molecule has 3 aromatic rings. The third-order valence-electron chi connectivity index (χ3n) is 5.88. The molecule has 0 aliphatic carbocycles. The number of likely N-dealkylation sites (tertiary alicyclic amines) is 1. The minimum atomic E-state index is -3.76. The van der Waals surface area contributed by atoms with Gasteiger partial charge in [-0.1, -0.05) is 30.3 Å². The van der Waals surface area contributed by atoms with Gasteiger partial charge in [-0.25, -0.2) is 4.79 Å². The van der Waals surface area contributed by atoms with Crippen molar-refractivity contribution in [2.24, 2.45) is 4.40 Å². The third-order valence-corrected chi connectivity index (χ3v) is 7.21. The molecule has 0 spiro atoms. The van der Waals surface area contributed by atoms with Crippen LogP contribution >= 0.6 is 0 Å². The van der Waals surface area contributed by atoms with Crippen LogP contribution in [0.3, 0.4) is 0 Å². The number of para-hydroxylation sites is 1. The molecular weight excluding hydrogens is 466 g/mol. The zero-order chi connectivity index (χ0) is 24.4. The molecular formula is C25H23N5O4S. The Morgan fingerprint density at radius 1 is 0.800 bits per heavy atom. The van der Waals surface area contributed by atoms with Crippen LogP contribution in [0, 0.1) is 0 Å². The first-order valence-corrected chi connectivity index (χ1v) is 12.6. The fraction of sp³-hybridized carbons (Fsp3) is 0.160. The molecule has 9 nitrogen and oxygen atoms in total. The molecule has 2 heterocycles. The van der Waals surface area contributed by atoms with Crippen LogP contribution in [0.4, 0.5) is 21.9 Å². The zero-order valence-electron chi connectivity index (χ0n) is 18.6. The van der Waals surface area contributed by atoms with E-state index in [9.17, 15) is 18.0 Å². The number of anilines is 3. The number of carbonyl (C=O) groups excluding carboxylic acids is 2. The maximum atomic E-state index is 13.1. The predicted molar refractivity (Wildman–Crippen MR) is 134 cm³/mol. The van der Waals surface area contributed by atoms with Gasteiger partial charge in [0.2, 0.25) is 5.91 Å². The second-order valence-electron chi connectivity index (χ2n) is 8.25. The molecule has 3 amide bonds. The van der Waals surface area contributed by atoms with Gasteiger partial charge in [-0.05, 0) is 61.4 Å². The van der Waals surface area contributed by atoms with Crippen LogP contribution in [0.15, 0.2) is 88.2 Å². The number of fused-ring (bicyclic) bond motifs is 1. The predicted octanol–water partition coefficient (Wildman–Crippen LogP) is 3.88. The molecule has 3 aromatic carbocycles. The van der Waals surface area contributed by atoms with Crippen LogP contribution < -0.4 is 16.0 Å². The summed E-state index contributed by atoms with van der Waals surface area (Å²) in [6.45, 7) is 0.542. The molecule has 2 aliphatic rings. The van der Waals surface area contributed by atoms with Gasteiger partial charge >= 0.3 is 6.03 Å². The minimum Gasteiger partial charge on any atom is -0.343 e. The van der Waals surface area contributed by atoms with Gasteiger partial charge in [0.25, 0.3) is 10.0 Å². The fourth-order valence-corrected chi connectivity index (χ4v) is 5.48. The van der Waals surface area contributed by atoms with Crippen LogP contribution in [-0.2, 0) is 14.8 Å². The Bertz CT molecular complexity index is 1410. The number of urea groups is 1. The second kappa shape index (κ2) is 9.22. The molecule has 0 aromatic heterocycles. The van der Waals surface area contributed by atoms with Gasteiger partial charge < -0.3 is 20.9 Å². The van der Waals surface area contributed by atoms with E-state index in [0.29, 0.717) is 41.4 Å². The second-order valence-corrected chi connectivity index (χ2v) is 9.82. The number of carbonyl (C=O) groups is 2. The lowest BCUT2D eigenvalue weighted by molar-refractivity contribution is -0.119. The van der Waals surface area contributed by atoms with Crippen molar-refractivity contribution < 1.29 is 18.0 Å². The van der Waals surface area contributed by atoms with Crippen molar-refractivity contribution in [2.75, 3.05) is 22.5 Å². The molecule has 1 saturated heterocycles. The van der Waals surface area contributed by atoms with E-state index in [0.717, 1.165) is 6.42 Å². The van der Waals surface area contributed by atoms with Crippen LogP contribution in [0.5, 0.6) is 0 Å². The third kappa shape index (κ3) is 4.73. The number of amides is 3. The molecule has 178 valence electrons. The Hall–Kier alpha value is -4.18. The van der Waals surface area contributed by atoms with Gasteiger partial charge in [0, 0.05) is 29.2 Å². The highest BCUT2D eigenvalue weighted by Gasteiger charge is 2.39. The lowest BCUT2D eigenvalue weighted by Crippen LogP contribution is -2.43. The number of rotatable bonds is 4. The number of sulfonamides is 1. The van der Waals surface area contributed by atoms with E-state index in [1.807, 2.05) is 18.2 Å². The van der Waals surface area contributed by atoms with E-state index in [1.54, 1.807) is 59.5 Å². The summed E-state index contributed by atoms with van der Waals surface area (Å²) in [5.41, 5.74) is 2.34. The molecule has 35 heavy (non-hydrogen) atoms. The number of nitrogens with zero attached hydrogens (tertiary/aromatic N) is 2. The van der Waals surface area contributed by atoms with Crippen molar-refractivity contribution in [3.63, 3.8) is 0 Å². The van der Waals surface area contributed by atoms with Crippen molar-refractivity contribution >= 4 is 44.9 Å². The Balaban J connectivity index is 1.24. The smallest absolute Gasteiger partial charge is 0.323 e. The lowest BCUT2D eigenvalue weighted by atomic mass is 10.1. The standard InChI is InChI=1S/C25H23N5O4S/c31-24(21-10-6-16-30(21)23-20-9-4-5-11-22(20)35(33,34)29-23)26-18-12-14-19(15-13-18)28-25(32)27-17-7-2-1-3-8-17/h1-5,7-9,11-15,21H,6,10,16H2,(H,26,31)(H2,27,28,32)/t21-/m0/s1. The van der Waals surface area contributed by atoms with Crippen LogP contribution in [0.2, 0.25) is 0 Å². The van der Waals surface area contributed by atoms with Crippen molar-refractivity contribution in [3.8, 4) is 0 Å². The summed E-state index contributed by atoms with van der Waals surface area (Å²) in [6.07, 6.45) is 1.34. The number of benzene rings is 3. The first-order valence-electron chi connectivity index (χ1n) is 11.2. The average molecular weight is 490 g/mol. The molecule has 5 rings (SSSR count). The molecule has 0 saturated carbocycles. The van der Waals surface area contributed by atoms with Crippen LogP contribution in [0.1, 0.15) is 18.4 Å². The SMILES string of the molecule is O=C(Nc1ccccc1)Nc1ccc(NC(=O)[C@@H]2CCCN2C2=NS(=O)(=O)c3ccccc32)cc1. The molecule has 1 atom stereocenters. The summed E-state index contributed by atoms with van der Waals surface area (Å²) in [4.78, 5) is 27.2. The van der Waals surface area contributed by atoms with Gasteiger partial charge in [-0.3, -0.25) is 4.79 Å². The van der Waals surface area contributed by atoms with Crippen LogP contribution in [0.25, 0.3) is 0 Å². The summed E-state index contributed by atoms with van der Waals surface area (Å²) < 4.78 is 28.9. The fourth-order valence-electron chi connectivity index (χ4n) is 4.27. The minimum absolute atomic E-state index is 0.167. The maximum Gasteiger partial charge on any atom is 0.323 e. The van der Waals surface area contributed by atoms with Crippen molar-refractivity contribution in [3.05, 3.63) is 84.4 Å².